The molecule has 0 aliphatic carbocycles. The molecule has 0 spiro atoms. The number of rotatable bonds is 8. The number of fused-ring (bicyclic) bond motifs is 1. The first-order valence-electron chi connectivity index (χ1n) is 10.6. The Kier molecular flexibility index (Phi) is 6.75. The SMILES string of the molecule is CCc1cc2c(NCc3ccc(C(=O)NCCc4ccc(F)cc4)cc3)nc(C)nc2s1. The number of nitrogens with one attached hydrogen (secondary N) is 2. The molecule has 2 N–H and O–H groups in total. The third-order valence-corrected chi connectivity index (χ3v) is 6.37. The number of thiophene rings is 1. The van der Waals surface area contributed by atoms with Crippen LogP contribution in [-0.4, -0.2) is 22.4 Å². The first-order chi connectivity index (χ1) is 15.5. The van der Waals surface area contributed by atoms with Crippen molar-refractivity contribution in [3.8, 4) is 0 Å². The smallest absolute Gasteiger partial charge is 0.251 e. The van der Waals surface area contributed by atoms with Crippen molar-refractivity contribution in [3.63, 3.8) is 0 Å². The van der Waals surface area contributed by atoms with Gasteiger partial charge in [-0.3, -0.25) is 4.79 Å². The van der Waals surface area contributed by atoms with Gasteiger partial charge in [0.2, 0.25) is 0 Å². The average Bonchev–Trinajstić information content (AvgIpc) is 3.22. The van der Waals surface area contributed by atoms with Crippen LogP contribution in [0.15, 0.2) is 54.6 Å². The lowest BCUT2D eigenvalue weighted by molar-refractivity contribution is 0.0954. The lowest BCUT2D eigenvalue weighted by atomic mass is 10.1. The van der Waals surface area contributed by atoms with E-state index >= 15 is 0 Å². The van der Waals surface area contributed by atoms with Crippen LogP contribution in [0.4, 0.5) is 10.2 Å². The van der Waals surface area contributed by atoms with E-state index in [0.717, 1.165) is 39.4 Å². The molecule has 5 nitrogen and oxygen atoms in total. The fourth-order valence-corrected chi connectivity index (χ4v) is 4.43. The fraction of sp³-hybridized carbons (Fsp3) is 0.240. The van der Waals surface area contributed by atoms with Gasteiger partial charge < -0.3 is 10.6 Å². The number of carbonyl (C=O) groups is 1. The summed E-state index contributed by atoms with van der Waals surface area (Å²) in [5, 5.41) is 7.38. The minimum atomic E-state index is -0.257. The number of aromatic nitrogens is 2. The molecule has 4 rings (SSSR count). The van der Waals surface area contributed by atoms with Crippen molar-refractivity contribution in [1.82, 2.24) is 15.3 Å². The Morgan fingerprint density at radius 1 is 1.03 bits per heavy atom. The normalized spacial score (nSPS) is 11.0. The molecule has 32 heavy (non-hydrogen) atoms. The molecule has 164 valence electrons. The van der Waals surface area contributed by atoms with Crippen LogP contribution in [-0.2, 0) is 19.4 Å². The van der Waals surface area contributed by atoms with Gasteiger partial charge >= 0.3 is 0 Å². The number of hydrogen-bond acceptors (Lipinski definition) is 5. The number of hydrogen-bond donors (Lipinski definition) is 2. The van der Waals surface area contributed by atoms with Crippen LogP contribution >= 0.6 is 11.3 Å². The highest BCUT2D eigenvalue weighted by Crippen LogP contribution is 2.29. The van der Waals surface area contributed by atoms with E-state index in [2.05, 4.69) is 33.6 Å². The number of aryl methyl sites for hydroxylation is 2. The summed E-state index contributed by atoms with van der Waals surface area (Å²) in [6.07, 6.45) is 1.64. The van der Waals surface area contributed by atoms with Gasteiger partial charge in [-0.1, -0.05) is 31.2 Å². The number of amides is 1. The van der Waals surface area contributed by atoms with Crippen LogP contribution in [0, 0.1) is 12.7 Å². The summed E-state index contributed by atoms with van der Waals surface area (Å²) in [6, 6.07) is 16.0. The number of nitrogens with zero attached hydrogens (tertiary/aromatic N) is 2. The lowest BCUT2D eigenvalue weighted by Crippen LogP contribution is -2.25. The summed E-state index contributed by atoms with van der Waals surface area (Å²) in [6.45, 7) is 5.14. The zero-order valence-electron chi connectivity index (χ0n) is 18.1. The van der Waals surface area contributed by atoms with Crippen molar-refractivity contribution >= 4 is 33.3 Å². The van der Waals surface area contributed by atoms with E-state index in [1.807, 2.05) is 31.2 Å². The van der Waals surface area contributed by atoms with Crippen molar-refractivity contribution in [2.45, 2.75) is 33.2 Å². The molecule has 0 saturated heterocycles. The van der Waals surface area contributed by atoms with E-state index in [0.29, 0.717) is 25.1 Å². The van der Waals surface area contributed by atoms with Crippen LogP contribution in [0.5, 0.6) is 0 Å². The predicted octanol–water partition coefficient (Wildman–Crippen LogP) is 5.29. The first-order valence-corrected chi connectivity index (χ1v) is 11.5. The summed E-state index contributed by atoms with van der Waals surface area (Å²) in [5.74, 6) is 1.21. The van der Waals surface area contributed by atoms with E-state index in [9.17, 15) is 9.18 Å². The quantitative estimate of drug-likeness (QED) is 0.385. The maximum absolute atomic E-state index is 13.0. The molecule has 0 unspecified atom stereocenters. The van der Waals surface area contributed by atoms with Crippen LogP contribution < -0.4 is 10.6 Å². The van der Waals surface area contributed by atoms with Crippen molar-refractivity contribution in [2.75, 3.05) is 11.9 Å². The number of carbonyl (C=O) groups excluding carboxylic acids is 1. The summed E-state index contributed by atoms with van der Waals surface area (Å²) < 4.78 is 13.0. The van der Waals surface area contributed by atoms with Crippen molar-refractivity contribution in [3.05, 3.63) is 87.8 Å². The Morgan fingerprint density at radius 3 is 2.47 bits per heavy atom. The third-order valence-electron chi connectivity index (χ3n) is 5.19. The lowest BCUT2D eigenvalue weighted by Gasteiger charge is -2.09. The van der Waals surface area contributed by atoms with Crippen LogP contribution in [0.2, 0.25) is 0 Å². The number of anilines is 1. The molecule has 2 heterocycles. The topological polar surface area (TPSA) is 66.9 Å². The molecule has 2 aromatic heterocycles. The second-order valence-corrected chi connectivity index (χ2v) is 8.70. The number of halogens is 1. The van der Waals surface area contributed by atoms with Gasteiger partial charge in [-0.15, -0.1) is 11.3 Å². The zero-order valence-corrected chi connectivity index (χ0v) is 18.9. The first kappa shape index (κ1) is 21.9. The Morgan fingerprint density at radius 2 is 1.75 bits per heavy atom. The maximum Gasteiger partial charge on any atom is 0.251 e. The highest BCUT2D eigenvalue weighted by molar-refractivity contribution is 7.18. The Balaban J connectivity index is 1.33. The monoisotopic (exact) mass is 448 g/mol. The van der Waals surface area contributed by atoms with Gasteiger partial charge in [0.1, 0.15) is 22.3 Å². The molecule has 0 atom stereocenters. The number of benzene rings is 2. The molecule has 0 aliphatic rings. The molecule has 0 saturated carbocycles. The molecular formula is C25H25FN4OS. The van der Waals surface area contributed by atoms with E-state index in [-0.39, 0.29) is 11.7 Å². The summed E-state index contributed by atoms with van der Waals surface area (Å²) in [7, 11) is 0. The predicted molar refractivity (Wildman–Crippen MR) is 128 cm³/mol. The van der Waals surface area contributed by atoms with Crippen LogP contribution in [0.3, 0.4) is 0 Å². The molecule has 0 radical (unpaired) electrons. The van der Waals surface area contributed by atoms with Crippen LogP contribution in [0.25, 0.3) is 10.2 Å². The molecule has 1 amide bonds. The molecule has 4 aromatic rings. The second-order valence-electron chi connectivity index (χ2n) is 7.59. The van der Waals surface area contributed by atoms with Gasteiger partial charge in [-0.05, 0) is 61.2 Å². The highest BCUT2D eigenvalue weighted by atomic mass is 32.1. The minimum absolute atomic E-state index is 0.120. The molecule has 0 bridgehead atoms. The summed E-state index contributed by atoms with van der Waals surface area (Å²) in [4.78, 5) is 23.8. The Labute approximate surface area is 190 Å². The van der Waals surface area contributed by atoms with Crippen molar-refractivity contribution in [2.24, 2.45) is 0 Å². The maximum atomic E-state index is 13.0. The average molecular weight is 449 g/mol. The standard InChI is InChI=1S/C25H25FN4OS/c1-3-21-14-22-23(29-16(2)30-25(22)32-21)28-15-18-4-8-19(9-5-18)24(31)27-13-12-17-6-10-20(26)11-7-17/h4-11,14H,3,12-13,15H2,1-2H3,(H,27,31)(H,28,29,30). The molecule has 0 aliphatic heterocycles. The second kappa shape index (κ2) is 9.87. The minimum Gasteiger partial charge on any atom is -0.365 e. The van der Waals surface area contributed by atoms with E-state index in [4.69, 9.17) is 0 Å². The van der Waals surface area contributed by atoms with Gasteiger partial charge in [0, 0.05) is 23.5 Å². The van der Waals surface area contributed by atoms with Gasteiger partial charge in [-0.25, -0.2) is 14.4 Å². The van der Waals surface area contributed by atoms with E-state index < -0.39 is 0 Å². The van der Waals surface area contributed by atoms with Gasteiger partial charge in [0.15, 0.2) is 0 Å². The van der Waals surface area contributed by atoms with Gasteiger partial charge in [0.25, 0.3) is 5.91 Å². The van der Waals surface area contributed by atoms with Crippen molar-refractivity contribution < 1.29 is 9.18 Å². The summed E-state index contributed by atoms with van der Waals surface area (Å²) in [5.41, 5.74) is 2.65. The Hall–Kier alpha value is -3.32. The van der Waals surface area contributed by atoms with E-state index in [1.165, 1.54) is 17.0 Å². The van der Waals surface area contributed by atoms with Crippen molar-refractivity contribution in [1.29, 1.82) is 0 Å². The summed E-state index contributed by atoms with van der Waals surface area (Å²) >= 11 is 1.71. The van der Waals surface area contributed by atoms with Gasteiger partial charge in [-0.2, -0.15) is 0 Å². The van der Waals surface area contributed by atoms with E-state index in [1.54, 1.807) is 23.5 Å². The third kappa shape index (κ3) is 5.29. The zero-order chi connectivity index (χ0) is 22.5. The Bertz CT molecular complexity index is 1220. The largest absolute Gasteiger partial charge is 0.365 e. The molecular weight excluding hydrogens is 423 g/mol. The molecule has 2 aromatic carbocycles. The van der Waals surface area contributed by atoms with Gasteiger partial charge in [0.05, 0.1) is 5.39 Å². The fourth-order valence-electron chi connectivity index (χ4n) is 3.42. The molecule has 7 heteroatoms. The van der Waals surface area contributed by atoms with Crippen LogP contribution in [0.1, 0.15) is 39.1 Å². The highest BCUT2D eigenvalue weighted by Gasteiger charge is 2.10. The molecule has 0 fully saturated rings.